The Balaban J connectivity index is 1.91. The first-order valence-electron chi connectivity index (χ1n) is 5.16. The van der Waals surface area contributed by atoms with Crippen molar-refractivity contribution in [3.05, 3.63) is 35.4 Å². The molecule has 2 rings (SSSR count). The van der Waals surface area contributed by atoms with Crippen molar-refractivity contribution < 1.29 is 8.94 Å². The van der Waals surface area contributed by atoms with Gasteiger partial charge >= 0.3 is 0 Å². The first-order chi connectivity index (χ1) is 7.63. The van der Waals surface area contributed by atoms with Crippen LogP contribution in [0.1, 0.15) is 23.2 Å². The fourth-order valence-corrected chi connectivity index (χ4v) is 1.53. The summed E-state index contributed by atoms with van der Waals surface area (Å²) in [7, 11) is 1.98. The lowest BCUT2D eigenvalue weighted by Crippen LogP contribution is -2.17. The zero-order valence-corrected chi connectivity index (χ0v) is 9.73. The molecule has 0 spiro atoms. The zero-order valence-electron chi connectivity index (χ0n) is 9.73. The minimum absolute atomic E-state index is 0.626. The van der Waals surface area contributed by atoms with Crippen LogP contribution in [0.3, 0.4) is 0 Å². The van der Waals surface area contributed by atoms with E-state index >= 15 is 0 Å². The number of aromatic nitrogens is 2. The number of hydrogen-bond acceptors (Lipinski definition) is 5. The van der Waals surface area contributed by atoms with Crippen LogP contribution in [0.2, 0.25) is 0 Å². The van der Waals surface area contributed by atoms with Crippen molar-refractivity contribution in [1.29, 1.82) is 0 Å². The molecule has 5 heteroatoms. The highest BCUT2D eigenvalue weighted by Crippen LogP contribution is 2.10. The molecule has 0 saturated heterocycles. The number of aryl methyl sites for hydroxylation is 2. The van der Waals surface area contributed by atoms with Gasteiger partial charge in [-0.25, -0.2) is 0 Å². The largest absolute Gasteiger partial charge is 0.465 e. The van der Waals surface area contributed by atoms with Crippen LogP contribution >= 0.6 is 0 Å². The highest BCUT2D eigenvalue weighted by molar-refractivity contribution is 5.05. The molecule has 0 unspecified atom stereocenters. The maximum Gasteiger partial charge on any atom is 0.240 e. The van der Waals surface area contributed by atoms with Gasteiger partial charge in [-0.05, 0) is 33.0 Å². The molecule has 0 aromatic carbocycles. The number of rotatable bonds is 4. The second kappa shape index (κ2) is 4.49. The second-order valence-electron chi connectivity index (χ2n) is 3.92. The van der Waals surface area contributed by atoms with Crippen LogP contribution in [-0.2, 0) is 13.1 Å². The van der Waals surface area contributed by atoms with Crippen molar-refractivity contribution >= 4 is 0 Å². The van der Waals surface area contributed by atoms with Gasteiger partial charge in [0.1, 0.15) is 11.5 Å². The van der Waals surface area contributed by atoms with E-state index in [0.717, 1.165) is 18.1 Å². The summed E-state index contributed by atoms with van der Waals surface area (Å²) in [5.74, 6) is 3.16. The van der Waals surface area contributed by atoms with Crippen LogP contribution in [0, 0.1) is 13.8 Å². The highest BCUT2D eigenvalue weighted by atomic mass is 16.5. The Morgan fingerprint density at radius 2 is 2.06 bits per heavy atom. The van der Waals surface area contributed by atoms with Crippen LogP contribution in [0.5, 0.6) is 0 Å². The molecule has 0 aliphatic rings. The van der Waals surface area contributed by atoms with Crippen LogP contribution in [0.25, 0.3) is 0 Å². The number of furan rings is 1. The molecule has 0 radical (unpaired) electrons. The minimum atomic E-state index is 0.626. The van der Waals surface area contributed by atoms with Gasteiger partial charge < -0.3 is 8.94 Å². The Kier molecular flexibility index (Phi) is 3.05. The topological polar surface area (TPSA) is 55.3 Å². The minimum Gasteiger partial charge on any atom is -0.465 e. The summed E-state index contributed by atoms with van der Waals surface area (Å²) in [6.45, 7) is 5.10. The summed E-state index contributed by atoms with van der Waals surface area (Å²) < 4.78 is 10.5. The van der Waals surface area contributed by atoms with Gasteiger partial charge in [0.15, 0.2) is 5.82 Å². The third kappa shape index (κ3) is 2.70. The Morgan fingerprint density at radius 1 is 1.25 bits per heavy atom. The van der Waals surface area contributed by atoms with Gasteiger partial charge in [0.25, 0.3) is 0 Å². The summed E-state index contributed by atoms with van der Waals surface area (Å²) in [5, 5.41) is 3.74. The quantitative estimate of drug-likeness (QED) is 0.789. The van der Waals surface area contributed by atoms with Gasteiger partial charge in [-0.2, -0.15) is 4.98 Å². The first kappa shape index (κ1) is 10.9. The molecule has 0 fully saturated rings. The monoisotopic (exact) mass is 221 g/mol. The van der Waals surface area contributed by atoms with Gasteiger partial charge in [0, 0.05) is 0 Å². The van der Waals surface area contributed by atoms with Gasteiger partial charge in [-0.3, -0.25) is 4.90 Å². The van der Waals surface area contributed by atoms with E-state index < -0.39 is 0 Å². The van der Waals surface area contributed by atoms with E-state index in [4.69, 9.17) is 8.94 Å². The Hall–Kier alpha value is -1.62. The highest BCUT2D eigenvalue weighted by Gasteiger charge is 2.09. The predicted molar refractivity (Wildman–Crippen MR) is 57.7 cm³/mol. The standard InChI is InChI=1S/C11H15N3O2/c1-8-4-5-10(15-8)6-14(3)7-11-12-9(2)13-16-11/h4-5H,6-7H2,1-3H3. The summed E-state index contributed by atoms with van der Waals surface area (Å²) >= 11 is 0. The lowest BCUT2D eigenvalue weighted by Gasteiger charge is -2.11. The predicted octanol–water partition coefficient (Wildman–Crippen LogP) is 1.91. The molecule has 0 atom stereocenters. The van der Waals surface area contributed by atoms with Crippen LogP contribution in [0.15, 0.2) is 21.1 Å². The molecule has 2 aromatic rings. The summed E-state index contributed by atoms with van der Waals surface area (Å²) in [6, 6.07) is 3.94. The van der Waals surface area contributed by atoms with E-state index in [9.17, 15) is 0 Å². The van der Waals surface area contributed by atoms with Gasteiger partial charge in [0.05, 0.1) is 13.1 Å². The maximum absolute atomic E-state index is 5.49. The van der Waals surface area contributed by atoms with E-state index in [1.807, 2.05) is 33.0 Å². The van der Waals surface area contributed by atoms with Gasteiger partial charge in [-0.1, -0.05) is 5.16 Å². The molecule has 2 heterocycles. The maximum atomic E-state index is 5.49. The average molecular weight is 221 g/mol. The van der Waals surface area contributed by atoms with Crippen LogP contribution in [-0.4, -0.2) is 22.1 Å². The lowest BCUT2D eigenvalue weighted by molar-refractivity contribution is 0.243. The first-order valence-corrected chi connectivity index (χ1v) is 5.16. The van der Waals surface area contributed by atoms with Crippen molar-refractivity contribution in [1.82, 2.24) is 15.0 Å². The summed E-state index contributed by atoms with van der Waals surface area (Å²) in [6.07, 6.45) is 0. The van der Waals surface area contributed by atoms with Crippen LogP contribution in [0.4, 0.5) is 0 Å². The van der Waals surface area contributed by atoms with E-state index in [1.165, 1.54) is 0 Å². The molecular formula is C11H15N3O2. The molecule has 0 bridgehead atoms. The molecule has 0 amide bonds. The fourth-order valence-electron chi connectivity index (χ4n) is 1.53. The van der Waals surface area contributed by atoms with Crippen molar-refractivity contribution in [2.75, 3.05) is 7.05 Å². The van der Waals surface area contributed by atoms with Crippen molar-refractivity contribution in [3.63, 3.8) is 0 Å². The number of nitrogens with zero attached hydrogens (tertiary/aromatic N) is 3. The van der Waals surface area contributed by atoms with Crippen LogP contribution < -0.4 is 0 Å². The lowest BCUT2D eigenvalue weighted by atomic mass is 10.4. The summed E-state index contributed by atoms with van der Waals surface area (Å²) in [5.41, 5.74) is 0. The Labute approximate surface area is 94.1 Å². The average Bonchev–Trinajstić information content (AvgIpc) is 2.76. The molecule has 5 nitrogen and oxygen atoms in total. The summed E-state index contributed by atoms with van der Waals surface area (Å²) in [4.78, 5) is 6.21. The molecule has 2 aromatic heterocycles. The van der Waals surface area contributed by atoms with Gasteiger partial charge in [0.2, 0.25) is 5.89 Å². The molecule has 0 N–H and O–H groups in total. The van der Waals surface area contributed by atoms with Gasteiger partial charge in [-0.15, -0.1) is 0 Å². The molecule has 0 saturated carbocycles. The van der Waals surface area contributed by atoms with E-state index in [0.29, 0.717) is 18.3 Å². The van der Waals surface area contributed by atoms with E-state index in [2.05, 4.69) is 15.0 Å². The van der Waals surface area contributed by atoms with Crippen molar-refractivity contribution in [3.8, 4) is 0 Å². The Bertz CT molecular complexity index is 419. The SMILES string of the molecule is Cc1noc(CN(C)Cc2ccc(C)o2)n1. The van der Waals surface area contributed by atoms with E-state index in [-0.39, 0.29) is 0 Å². The smallest absolute Gasteiger partial charge is 0.240 e. The normalized spacial score (nSPS) is 11.2. The third-order valence-electron chi connectivity index (χ3n) is 2.20. The van der Waals surface area contributed by atoms with E-state index in [1.54, 1.807) is 0 Å². The molecular weight excluding hydrogens is 206 g/mol. The third-order valence-corrected chi connectivity index (χ3v) is 2.20. The van der Waals surface area contributed by atoms with Crippen molar-refractivity contribution in [2.45, 2.75) is 26.9 Å². The zero-order chi connectivity index (χ0) is 11.5. The number of hydrogen-bond donors (Lipinski definition) is 0. The molecule has 86 valence electrons. The molecule has 0 aliphatic heterocycles. The Morgan fingerprint density at radius 3 is 2.62 bits per heavy atom. The molecule has 16 heavy (non-hydrogen) atoms. The molecule has 0 aliphatic carbocycles. The van der Waals surface area contributed by atoms with Crippen molar-refractivity contribution in [2.24, 2.45) is 0 Å². The second-order valence-corrected chi connectivity index (χ2v) is 3.92. The fraction of sp³-hybridized carbons (Fsp3) is 0.455.